The smallest absolute Gasteiger partial charge is 0.253 e. The minimum Gasteiger partial charge on any atom is -0.492 e. The Kier molecular flexibility index (Phi) is 6.10. The number of furan rings is 1. The molecular formula is C21H19N3O3. The van der Waals surface area contributed by atoms with E-state index in [0.29, 0.717) is 42.3 Å². The molecule has 0 aliphatic carbocycles. The Labute approximate surface area is 157 Å². The lowest BCUT2D eigenvalue weighted by Gasteiger charge is -2.12. The van der Waals surface area contributed by atoms with Crippen LogP contribution in [0.1, 0.15) is 21.7 Å². The Hall–Kier alpha value is -3.72. The minimum absolute atomic E-state index is 0.178. The number of nitrogens with zero attached hydrogens (tertiary/aromatic N) is 1. The fourth-order valence-electron chi connectivity index (χ4n) is 2.49. The summed E-state index contributed by atoms with van der Waals surface area (Å²) in [6, 6.07) is 19.9. The first-order valence-electron chi connectivity index (χ1n) is 8.53. The van der Waals surface area contributed by atoms with E-state index < -0.39 is 0 Å². The fraction of sp³-hybridized carbons (Fsp3) is 0.143. The molecule has 1 heterocycles. The molecule has 0 saturated carbocycles. The van der Waals surface area contributed by atoms with Crippen molar-refractivity contribution < 1.29 is 13.9 Å². The van der Waals surface area contributed by atoms with Gasteiger partial charge in [-0.05, 0) is 48.5 Å². The zero-order chi connectivity index (χ0) is 18.9. The second-order valence-electron chi connectivity index (χ2n) is 5.72. The van der Waals surface area contributed by atoms with Gasteiger partial charge in [0.15, 0.2) is 0 Å². The van der Waals surface area contributed by atoms with E-state index >= 15 is 0 Å². The molecule has 0 saturated heterocycles. The predicted octanol–water partition coefficient (Wildman–Crippen LogP) is 3.57. The van der Waals surface area contributed by atoms with Gasteiger partial charge < -0.3 is 19.8 Å². The summed E-state index contributed by atoms with van der Waals surface area (Å²) in [6.45, 7) is 1.29. The molecule has 3 aromatic rings. The van der Waals surface area contributed by atoms with Crippen molar-refractivity contribution in [2.45, 2.75) is 6.54 Å². The molecule has 6 nitrogen and oxygen atoms in total. The summed E-state index contributed by atoms with van der Waals surface area (Å²) in [7, 11) is 0. The average Bonchev–Trinajstić information content (AvgIpc) is 3.24. The second-order valence-corrected chi connectivity index (χ2v) is 5.72. The van der Waals surface area contributed by atoms with Crippen LogP contribution in [0.4, 0.5) is 5.69 Å². The number of ether oxygens (including phenoxy) is 1. The fourth-order valence-corrected chi connectivity index (χ4v) is 2.49. The van der Waals surface area contributed by atoms with Crippen LogP contribution in [-0.2, 0) is 6.54 Å². The highest BCUT2D eigenvalue weighted by Gasteiger charge is 2.11. The van der Waals surface area contributed by atoms with E-state index in [4.69, 9.17) is 14.4 Å². The quantitative estimate of drug-likeness (QED) is 0.599. The van der Waals surface area contributed by atoms with Gasteiger partial charge in [0.25, 0.3) is 5.91 Å². The van der Waals surface area contributed by atoms with Crippen LogP contribution in [0.2, 0.25) is 0 Å². The van der Waals surface area contributed by atoms with E-state index in [1.807, 2.05) is 24.3 Å². The van der Waals surface area contributed by atoms with Gasteiger partial charge in [0, 0.05) is 12.2 Å². The molecule has 6 heteroatoms. The Bertz CT molecular complexity index is 913. The molecule has 2 aromatic carbocycles. The first kappa shape index (κ1) is 18.1. The number of nitriles is 1. The summed E-state index contributed by atoms with van der Waals surface area (Å²) in [5.74, 6) is 1.22. The van der Waals surface area contributed by atoms with Crippen LogP contribution < -0.4 is 15.4 Å². The SMILES string of the molecule is N#Cc1ccc(OCCNc2ccccc2C(=O)NCc2ccco2)cc1. The molecule has 0 spiro atoms. The number of hydrogen-bond donors (Lipinski definition) is 2. The Balaban J connectivity index is 1.51. The Morgan fingerprint density at radius 1 is 1.07 bits per heavy atom. The maximum absolute atomic E-state index is 12.4. The normalized spacial score (nSPS) is 10.0. The summed E-state index contributed by atoms with van der Waals surface area (Å²) >= 11 is 0. The van der Waals surface area contributed by atoms with Crippen LogP contribution in [0.3, 0.4) is 0 Å². The number of carbonyl (C=O) groups is 1. The third-order valence-electron chi connectivity index (χ3n) is 3.84. The molecule has 0 bridgehead atoms. The summed E-state index contributed by atoms with van der Waals surface area (Å²) in [6.07, 6.45) is 1.57. The molecular weight excluding hydrogens is 342 g/mol. The van der Waals surface area contributed by atoms with E-state index in [2.05, 4.69) is 16.7 Å². The number of carbonyl (C=O) groups excluding carboxylic acids is 1. The molecule has 0 aliphatic rings. The second kappa shape index (κ2) is 9.11. The van der Waals surface area contributed by atoms with Crippen molar-refractivity contribution in [1.82, 2.24) is 5.32 Å². The van der Waals surface area contributed by atoms with Crippen LogP contribution in [0.25, 0.3) is 0 Å². The van der Waals surface area contributed by atoms with Crippen molar-refractivity contribution in [2.75, 3.05) is 18.5 Å². The number of rotatable bonds is 8. The maximum atomic E-state index is 12.4. The molecule has 1 aromatic heterocycles. The van der Waals surface area contributed by atoms with Gasteiger partial charge in [-0.15, -0.1) is 0 Å². The summed E-state index contributed by atoms with van der Waals surface area (Å²) in [5, 5.41) is 14.8. The van der Waals surface area contributed by atoms with E-state index in [1.165, 1.54) is 0 Å². The number of para-hydroxylation sites is 1. The monoisotopic (exact) mass is 361 g/mol. The van der Waals surface area contributed by atoms with Crippen molar-refractivity contribution in [3.05, 3.63) is 83.8 Å². The first-order chi connectivity index (χ1) is 13.3. The van der Waals surface area contributed by atoms with Crippen molar-refractivity contribution in [2.24, 2.45) is 0 Å². The highest BCUT2D eigenvalue weighted by molar-refractivity contribution is 5.99. The van der Waals surface area contributed by atoms with Crippen LogP contribution >= 0.6 is 0 Å². The lowest BCUT2D eigenvalue weighted by Crippen LogP contribution is -2.24. The standard InChI is InChI=1S/C21H19N3O3/c22-14-16-7-9-17(10-8-16)27-13-11-23-20-6-2-1-5-19(20)21(25)24-15-18-4-3-12-26-18/h1-10,12,23H,11,13,15H2,(H,24,25). The summed E-state index contributed by atoms with van der Waals surface area (Å²) < 4.78 is 10.9. The van der Waals surface area contributed by atoms with Crippen molar-refractivity contribution in [3.8, 4) is 11.8 Å². The molecule has 27 heavy (non-hydrogen) atoms. The van der Waals surface area contributed by atoms with Gasteiger partial charge in [-0.25, -0.2) is 0 Å². The van der Waals surface area contributed by atoms with Gasteiger partial charge in [0.1, 0.15) is 18.1 Å². The van der Waals surface area contributed by atoms with Crippen LogP contribution in [0.5, 0.6) is 5.75 Å². The van der Waals surface area contributed by atoms with Crippen LogP contribution in [0, 0.1) is 11.3 Å². The predicted molar refractivity (Wildman–Crippen MR) is 101 cm³/mol. The third-order valence-corrected chi connectivity index (χ3v) is 3.84. The van der Waals surface area contributed by atoms with E-state index in [0.717, 1.165) is 5.69 Å². The van der Waals surface area contributed by atoms with E-state index in [-0.39, 0.29) is 5.91 Å². The van der Waals surface area contributed by atoms with E-state index in [9.17, 15) is 4.79 Å². The minimum atomic E-state index is -0.178. The van der Waals surface area contributed by atoms with Gasteiger partial charge >= 0.3 is 0 Å². The van der Waals surface area contributed by atoms with Crippen molar-refractivity contribution >= 4 is 11.6 Å². The largest absolute Gasteiger partial charge is 0.492 e. The Morgan fingerprint density at radius 2 is 1.89 bits per heavy atom. The van der Waals surface area contributed by atoms with Crippen molar-refractivity contribution in [1.29, 1.82) is 5.26 Å². The van der Waals surface area contributed by atoms with Gasteiger partial charge in [-0.1, -0.05) is 12.1 Å². The van der Waals surface area contributed by atoms with Crippen molar-refractivity contribution in [3.63, 3.8) is 0 Å². The maximum Gasteiger partial charge on any atom is 0.253 e. The Morgan fingerprint density at radius 3 is 2.63 bits per heavy atom. The zero-order valence-corrected chi connectivity index (χ0v) is 14.6. The molecule has 3 rings (SSSR count). The zero-order valence-electron chi connectivity index (χ0n) is 14.6. The van der Waals surface area contributed by atoms with Crippen LogP contribution in [-0.4, -0.2) is 19.1 Å². The third kappa shape index (κ3) is 5.13. The first-order valence-corrected chi connectivity index (χ1v) is 8.53. The topological polar surface area (TPSA) is 87.3 Å². The van der Waals surface area contributed by atoms with Gasteiger partial charge in [0.2, 0.25) is 0 Å². The average molecular weight is 361 g/mol. The molecule has 0 atom stereocenters. The molecule has 0 aliphatic heterocycles. The highest BCUT2D eigenvalue weighted by atomic mass is 16.5. The van der Waals surface area contributed by atoms with E-state index in [1.54, 1.807) is 42.7 Å². The number of nitrogens with one attached hydrogen (secondary N) is 2. The summed E-state index contributed by atoms with van der Waals surface area (Å²) in [4.78, 5) is 12.4. The number of benzene rings is 2. The highest BCUT2D eigenvalue weighted by Crippen LogP contribution is 2.15. The summed E-state index contributed by atoms with van der Waals surface area (Å²) in [5.41, 5.74) is 1.88. The molecule has 2 N–H and O–H groups in total. The van der Waals surface area contributed by atoms with Gasteiger partial charge in [0.05, 0.1) is 30.0 Å². The number of anilines is 1. The molecule has 1 amide bonds. The molecule has 0 radical (unpaired) electrons. The lowest BCUT2D eigenvalue weighted by atomic mass is 10.1. The molecule has 0 unspecified atom stereocenters. The number of hydrogen-bond acceptors (Lipinski definition) is 5. The molecule has 136 valence electrons. The molecule has 0 fully saturated rings. The van der Waals surface area contributed by atoms with Gasteiger partial charge in [-0.2, -0.15) is 5.26 Å². The van der Waals surface area contributed by atoms with Crippen LogP contribution in [0.15, 0.2) is 71.3 Å². The lowest BCUT2D eigenvalue weighted by molar-refractivity contribution is 0.0949. The number of amides is 1. The van der Waals surface area contributed by atoms with Gasteiger partial charge in [-0.3, -0.25) is 4.79 Å².